The summed E-state index contributed by atoms with van der Waals surface area (Å²) in [7, 11) is 0. The van der Waals surface area contributed by atoms with Gasteiger partial charge in [0.15, 0.2) is 0 Å². The van der Waals surface area contributed by atoms with Crippen molar-refractivity contribution in [3.8, 4) is 0 Å². The molecule has 0 heterocycles. The Morgan fingerprint density at radius 3 is 0.859 bits per heavy atom. The number of hydrogen-bond donors (Lipinski definition) is 3. The summed E-state index contributed by atoms with van der Waals surface area (Å²) in [5.74, 6) is -0.0170. The molecule has 424 valence electrons. The first kappa shape index (κ1) is 69.9. The van der Waals surface area contributed by atoms with E-state index in [9.17, 15) is 19.8 Å². The smallest absolute Gasteiger partial charge is 0.305 e. The van der Waals surface area contributed by atoms with E-state index in [4.69, 9.17) is 4.74 Å². The number of aliphatic hydroxyl groups is 2. The van der Waals surface area contributed by atoms with E-state index in [-0.39, 0.29) is 18.5 Å². The van der Waals surface area contributed by atoms with Gasteiger partial charge in [0.2, 0.25) is 5.91 Å². The third kappa shape index (κ3) is 58.0. The molecular formula is C65H129NO5. The Balaban J connectivity index is 3.37. The van der Waals surface area contributed by atoms with Crippen molar-refractivity contribution in [2.24, 2.45) is 0 Å². The zero-order valence-corrected chi connectivity index (χ0v) is 48.5. The highest BCUT2D eigenvalue weighted by Crippen LogP contribution is 2.19. The van der Waals surface area contributed by atoms with Gasteiger partial charge in [-0.15, -0.1) is 0 Å². The van der Waals surface area contributed by atoms with Crippen molar-refractivity contribution >= 4 is 11.9 Å². The van der Waals surface area contributed by atoms with Crippen LogP contribution in [0.4, 0.5) is 0 Å². The Bertz CT molecular complexity index is 1020. The Labute approximate surface area is 445 Å². The minimum atomic E-state index is -0.665. The molecule has 0 aliphatic rings. The lowest BCUT2D eigenvalue weighted by molar-refractivity contribution is -0.143. The Kier molecular flexibility index (Phi) is 60.4. The van der Waals surface area contributed by atoms with E-state index in [1.807, 2.05) is 0 Å². The summed E-state index contributed by atoms with van der Waals surface area (Å²) in [5.41, 5.74) is 0. The van der Waals surface area contributed by atoms with Crippen LogP contribution < -0.4 is 5.32 Å². The molecule has 0 rings (SSSR count). The second-order valence-corrected chi connectivity index (χ2v) is 22.8. The molecule has 0 radical (unpaired) electrons. The highest BCUT2D eigenvalue weighted by atomic mass is 16.5. The van der Waals surface area contributed by atoms with E-state index >= 15 is 0 Å². The van der Waals surface area contributed by atoms with Crippen molar-refractivity contribution in [3.05, 3.63) is 0 Å². The van der Waals surface area contributed by atoms with Crippen LogP contribution in [-0.2, 0) is 14.3 Å². The minimum Gasteiger partial charge on any atom is -0.466 e. The van der Waals surface area contributed by atoms with Crippen molar-refractivity contribution < 1.29 is 24.5 Å². The number of carbonyl (C=O) groups is 2. The fourth-order valence-electron chi connectivity index (χ4n) is 10.6. The van der Waals surface area contributed by atoms with Gasteiger partial charge in [0.25, 0.3) is 0 Å². The van der Waals surface area contributed by atoms with Crippen LogP contribution in [0.2, 0.25) is 0 Å². The Morgan fingerprint density at radius 2 is 0.577 bits per heavy atom. The van der Waals surface area contributed by atoms with E-state index in [1.54, 1.807) is 0 Å². The number of unbranched alkanes of at least 4 members (excludes halogenated alkanes) is 51. The average molecular weight is 1000 g/mol. The number of aliphatic hydroxyl groups excluding tert-OH is 2. The van der Waals surface area contributed by atoms with E-state index in [0.29, 0.717) is 25.9 Å². The summed E-state index contributed by atoms with van der Waals surface area (Å²) in [5, 5.41) is 23.4. The van der Waals surface area contributed by atoms with Gasteiger partial charge in [0.1, 0.15) is 0 Å². The predicted molar refractivity (Wildman–Crippen MR) is 310 cm³/mol. The molecule has 71 heavy (non-hydrogen) atoms. The molecule has 2 atom stereocenters. The molecule has 0 saturated heterocycles. The molecule has 0 aliphatic carbocycles. The van der Waals surface area contributed by atoms with Crippen molar-refractivity contribution in [2.75, 3.05) is 13.2 Å². The molecular weight excluding hydrogens is 875 g/mol. The van der Waals surface area contributed by atoms with Crippen molar-refractivity contribution in [1.82, 2.24) is 5.32 Å². The van der Waals surface area contributed by atoms with Crippen LogP contribution in [-0.4, -0.2) is 47.4 Å². The molecule has 3 N–H and O–H groups in total. The SMILES string of the molecule is CCCCCCCCCCCCCCCCCCCCC(O)C(CO)NC(=O)CCCCCCCCCCCCCCCCCCCCCCOC(=O)CCCCCCCCCCCCCCCCCC. The van der Waals surface area contributed by atoms with E-state index in [0.717, 1.165) is 38.5 Å². The molecule has 0 fully saturated rings. The Morgan fingerprint density at radius 1 is 0.338 bits per heavy atom. The zero-order chi connectivity index (χ0) is 51.4. The van der Waals surface area contributed by atoms with Gasteiger partial charge in [0.05, 0.1) is 25.4 Å². The number of nitrogens with one attached hydrogen (secondary N) is 1. The number of rotatable bonds is 62. The molecule has 2 unspecified atom stereocenters. The van der Waals surface area contributed by atoms with Crippen LogP contribution in [0, 0.1) is 0 Å². The fourth-order valence-corrected chi connectivity index (χ4v) is 10.6. The summed E-state index contributed by atoms with van der Waals surface area (Å²) in [6.07, 6.45) is 72.6. The first-order valence-electron chi connectivity index (χ1n) is 32.8. The largest absolute Gasteiger partial charge is 0.466 e. The highest BCUT2D eigenvalue weighted by molar-refractivity contribution is 5.76. The summed E-state index contributed by atoms with van der Waals surface area (Å²) in [6.45, 7) is 4.99. The standard InChI is InChI=1S/C65H129NO5/c1-3-5-7-9-11-13-15-17-19-21-26-29-33-37-41-45-49-53-57-63(68)62(61-67)66-64(69)58-54-50-46-42-38-34-30-27-24-22-23-25-28-32-36-40-44-48-52-56-60-71-65(70)59-55-51-47-43-39-35-31-20-18-16-14-12-10-8-6-4-2/h62-63,67-68H,3-61H2,1-2H3,(H,66,69). The lowest BCUT2D eigenvalue weighted by Gasteiger charge is -2.22. The molecule has 0 aliphatic heterocycles. The van der Waals surface area contributed by atoms with Crippen molar-refractivity contribution in [2.45, 2.75) is 392 Å². The average Bonchev–Trinajstić information content (AvgIpc) is 3.37. The monoisotopic (exact) mass is 1000 g/mol. The first-order chi connectivity index (χ1) is 35.0. The van der Waals surface area contributed by atoms with Gasteiger partial charge in [-0.05, 0) is 25.7 Å². The predicted octanol–water partition coefficient (Wildman–Crippen LogP) is 20.6. The van der Waals surface area contributed by atoms with Crippen LogP contribution in [0.5, 0.6) is 0 Å². The van der Waals surface area contributed by atoms with Gasteiger partial charge >= 0.3 is 5.97 Å². The minimum absolute atomic E-state index is 0.0154. The molecule has 0 aromatic rings. The number of carbonyl (C=O) groups excluding carboxylic acids is 2. The van der Waals surface area contributed by atoms with E-state index in [1.165, 1.54) is 308 Å². The molecule has 0 aromatic carbocycles. The van der Waals surface area contributed by atoms with Gasteiger partial charge in [-0.25, -0.2) is 0 Å². The lowest BCUT2D eigenvalue weighted by Crippen LogP contribution is -2.45. The van der Waals surface area contributed by atoms with Gasteiger partial charge < -0.3 is 20.3 Å². The molecule has 1 amide bonds. The van der Waals surface area contributed by atoms with Gasteiger partial charge in [0, 0.05) is 12.8 Å². The van der Waals surface area contributed by atoms with Crippen LogP contribution in [0.25, 0.3) is 0 Å². The van der Waals surface area contributed by atoms with E-state index < -0.39 is 12.1 Å². The number of hydrogen-bond acceptors (Lipinski definition) is 5. The third-order valence-corrected chi connectivity index (χ3v) is 15.7. The second kappa shape index (κ2) is 61.4. The number of ether oxygens (including phenoxy) is 1. The maximum Gasteiger partial charge on any atom is 0.305 e. The molecule has 0 aromatic heterocycles. The summed E-state index contributed by atoms with van der Waals surface area (Å²) in [4.78, 5) is 24.6. The molecule has 0 saturated carbocycles. The Hall–Kier alpha value is -1.14. The number of amides is 1. The molecule has 6 nitrogen and oxygen atoms in total. The molecule has 0 spiro atoms. The van der Waals surface area contributed by atoms with Crippen LogP contribution in [0.15, 0.2) is 0 Å². The van der Waals surface area contributed by atoms with Crippen LogP contribution in [0.1, 0.15) is 380 Å². The number of esters is 1. The highest BCUT2D eigenvalue weighted by Gasteiger charge is 2.20. The van der Waals surface area contributed by atoms with Gasteiger partial charge in [-0.1, -0.05) is 341 Å². The van der Waals surface area contributed by atoms with Crippen molar-refractivity contribution in [1.29, 1.82) is 0 Å². The molecule has 0 bridgehead atoms. The van der Waals surface area contributed by atoms with Crippen LogP contribution >= 0.6 is 0 Å². The summed E-state index contributed by atoms with van der Waals surface area (Å²) < 4.78 is 5.50. The van der Waals surface area contributed by atoms with E-state index in [2.05, 4.69) is 19.2 Å². The topological polar surface area (TPSA) is 95.9 Å². The normalized spacial score (nSPS) is 12.5. The van der Waals surface area contributed by atoms with Gasteiger partial charge in [-0.2, -0.15) is 0 Å². The molecule has 6 heteroatoms. The maximum absolute atomic E-state index is 12.5. The zero-order valence-electron chi connectivity index (χ0n) is 48.5. The van der Waals surface area contributed by atoms with Crippen LogP contribution in [0.3, 0.4) is 0 Å². The maximum atomic E-state index is 12.5. The fraction of sp³-hybridized carbons (Fsp3) is 0.969. The summed E-state index contributed by atoms with van der Waals surface area (Å²) in [6, 6.07) is -0.542. The lowest BCUT2D eigenvalue weighted by atomic mass is 10.0. The first-order valence-corrected chi connectivity index (χ1v) is 32.8. The van der Waals surface area contributed by atoms with Gasteiger partial charge in [-0.3, -0.25) is 9.59 Å². The second-order valence-electron chi connectivity index (χ2n) is 22.8. The summed E-state index contributed by atoms with van der Waals surface area (Å²) >= 11 is 0. The quantitative estimate of drug-likeness (QED) is 0.0417. The van der Waals surface area contributed by atoms with Crippen molar-refractivity contribution in [3.63, 3.8) is 0 Å². The third-order valence-electron chi connectivity index (χ3n) is 15.7.